The first-order valence-corrected chi connectivity index (χ1v) is 4.82. The Kier molecular flexibility index (Phi) is 4.55. The largest absolute Gasteiger partial charge is 0.491 e. The standard InChI is InChI=1S/C11H17NO3/c1-8-3-9(2)5-11(4-8)14-6-10(13)7-15-12/h3-5,10,13H,6-7,12H2,1-2H3. The van der Waals surface area contributed by atoms with Crippen LogP contribution in [0.5, 0.6) is 5.75 Å². The monoisotopic (exact) mass is 211 g/mol. The third kappa shape index (κ3) is 4.29. The molecule has 3 N–H and O–H groups in total. The van der Waals surface area contributed by atoms with Crippen LogP contribution in [0.2, 0.25) is 0 Å². The lowest BCUT2D eigenvalue weighted by molar-refractivity contribution is 0.0116. The van der Waals surface area contributed by atoms with Crippen LogP contribution < -0.4 is 10.6 Å². The molecule has 1 aromatic carbocycles. The van der Waals surface area contributed by atoms with Gasteiger partial charge in [0.2, 0.25) is 0 Å². The summed E-state index contributed by atoms with van der Waals surface area (Å²) >= 11 is 0. The van der Waals surface area contributed by atoms with Gasteiger partial charge < -0.3 is 14.7 Å². The number of hydrogen-bond donors (Lipinski definition) is 2. The summed E-state index contributed by atoms with van der Waals surface area (Å²) in [7, 11) is 0. The van der Waals surface area contributed by atoms with E-state index in [0.717, 1.165) is 16.9 Å². The molecule has 15 heavy (non-hydrogen) atoms. The van der Waals surface area contributed by atoms with Crippen molar-refractivity contribution < 1.29 is 14.7 Å². The van der Waals surface area contributed by atoms with E-state index in [4.69, 9.17) is 10.6 Å². The van der Waals surface area contributed by atoms with Crippen LogP contribution in [0.3, 0.4) is 0 Å². The van der Waals surface area contributed by atoms with Gasteiger partial charge in [0.1, 0.15) is 18.5 Å². The molecule has 0 heterocycles. The van der Waals surface area contributed by atoms with Crippen LogP contribution in [0.1, 0.15) is 11.1 Å². The lowest BCUT2D eigenvalue weighted by Gasteiger charge is -2.12. The Hall–Kier alpha value is -1.10. The van der Waals surface area contributed by atoms with Crippen LogP contribution in [0.15, 0.2) is 18.2 Å². The molecule has 4 heteroatoms. The zero-order valence-corrected chi connectivity index (χ0v) is 9.06. The fourth-order valence-corrected chi connectivity index (χ4v) is 1.37. The minimum Gasteiger partial charge on any atom is -0.491 e. The zero-order valence-electron chi connectivity index (χ0n) is 9.06. The molecule has 4 nitrogen and oxygen atoms in total. The van der Waals surface area contributed by atoms with Gasteiger partial charge in [0.25, 0.3) is 0 Å². The van der Waals surface area contributed by atoms with Gasteiger partial charge in [-0.25, -0.2) is 5.90 Å². The smallest absolute Gasteiger partial charge is 0.119 e. The molecular weight excluding hydrogens is 194 g/mol. The van der Waals surface area contributed by atoms with Gasteiger partial charge >= 0.3 is 0 Å². The van der Waals surface area contributed by atoms with Crippen LogP contribution in [0.4, 0.5) is 0 Å². The van der Waals surface area contributed by atoms with Crippen molar-refractivity contribution in [2.24, 2.45) is 5.90 Å². The van der Waals surface area contributed by atoms with E-state index in [-0.39, 0.29) is 13.2 Å². The summed E-state index contributed by atoms with van der Waals surface area (Å²) in [6, 6.07) is 5.90. The third-order valence-electron chi connectivity index (χ3n) is 1.93. The maximum Gasteiger partial charge on any atom is 0.119 e. The van der Waals surface area contributed by atoms with E-state index in [1.807, 2.05) is 26.0 Å². The first kappa shape index (κ1) is 12.0. The normalized spacial score (nSPS) is 12.5. The number of ether oxygens (including phenoxy) is 1. The fraction of sp³-hybridized carbons (Fsp3) is 0.455. The SMILES string of the molecule is Cc1cc(C)cc(OCC(O)CON)c1. The molecule has 0 aliphatic heterocycles. The van der Waals surface area contributed by atoms with Gasteiger partial charge in [-0.1, -0.05) is 6.07 Å². The zero-order chi connectivity index (χ0) is 11.3. The first-order valence-electron chi connectivity index (χ1n) is 4.82. The molecule has 1 aromatic rings. The molecule has 1 rings (SSSR count). The van der Waals surface area contributed by atoms with Gasteiger partial charge in [-0.3, -0.25) is 0 Å². The summed E-state index contributed by atoms with van der Waals surface area (Å²) in [5.74, 6) is 5.58. The molecule has 0 aromatic heterocycles. The van der Waals surface area contributed by atoms with E-state index in [1.165, 1.54) is 0 Å². The van der Waals surface area contributed by atoms with Crippen molar-refractivity contribution in [3.05, 3.63) is 29.3 Å². The molecule has 0 saturated heterocycles. The highest BCUT2D eigenvalue weighted by Crippen LogP contribution is 2.16. The van der Waals surface area contributed by atoms with E-state index in [2.05, 4.69) is 10.9 Å². The number of hydrogen-bond acceptors (Lipinski definition) is 4. The second kappa shape index (κ2) is 5.70. The average Bonchev–Trinajstić information content (AvgIpc) is 2.14. The lowest BCUT2D eigenvalue weighted by Crippen LogP contribution is -2.25. The van der Waals surface area contributed by atoms with Crippen molar-refractivity contribution in [2.75, 3.05) is 13.2 Å². The molecule has 84 valence electrons. The summed E-state index contributed by atoms with van der Waals surface area (Å²) in [6.07, 6.45) is -0.698. The fourth-order valence-electron chi connectivity index (χ4n) is 1.37. The van der Waals surface area contributed by atoms with Crippen molar-refractivity contribution >= 4 is 0 Å². The maximum absolute atomic E-state index is 9.32. The molecule has 1 unspecified atom stereocenters. The van der Waals surface area contributed by atoms with Gasteiger partial charge in [-0.05, 0) is 37.1 Å². The average molecular weight is 211 g/mol. The lowest BCUT2D eigenvalue weighted by atomic mass is 10.1. The first-order chi connectivity index (χ1) is 7.11. The molecule has 0 aliphatic carbocycles. The maximum atomic E-state index is 9.32. The minimum atomic E-state index is -0.698. The van der Waals surface area contributed by atoms with E-state index in [9.17, 15) is 5.11 Å². The molecule has 0 saturated carbocycles. The Labute approximate surface area is 89.6 Å². The Bertz CT molecular complexity index is 294. The van der Waals surface area contributed by atoms with E-state index in [1.54, 1.807) is 0 Å². The highest BCUT2D eigenvalue weighted by atomic mass is 16.6. The highest BCUT2D eigenvalue weighted by molar-refractivity contribution is 5.32. The summed E-state index contributed by atoms with van der Waals surface area (Å²) in [5, 5.41) is 9.32. The molecular formula is C11H17NO3. The molecule has 1 atom stereocenters. The number of aliphatic hydroxyl groups is 1. The van der Waals surface area contributed by atoms with Crippen molar-refractivity contribution in [3.63, 3.8) is 0 Å². The molecule has 0 aliphatic rings. The highest BCUT2D eigenvalue weighted by Gasteiger charge is 2.05. The number of nitrogens with two attached hydrogens (primary N) is 1. The number of aryl methyl sites for hydroxylation is 2. The van der Waals surface area contributed by atoms with Crippen molar-refractivity contribution in [2.45, 2.75) is 20.0 Å². The summed E-state index contributed by atoms with van der Waals surface area (Å²) in [4.78, 5) is 4.31. The molecule has 0 amide bonds. The second-order valence-corrected chi connectivity index (χ2v) is 3.62. The summed E-state index contributed by atoms with van der Waals surface area (Å²) in [5.41, 5.74) is 2.27. The van der Waals surface area contributed by atoms with Crippen LogP contribution in [-0.2, 0) is 4.84 Å². The van der Waals surface area contributed by atoms with Crippen molar-refractivity contribution in [3.8, 4) is 5.75 Å². The van der Waals surface area contributed by atoms with Gasteiger partial charge in [0.15, 0.2) is 0 Å². The predicted octanol–water partition coefficient (Wildman–Crippen LogP) is 0.933. The van der Waals surface area contributed by atoms with E-state index >= 15 is 0 Å². The number of benzene rings is 1. The van der Waals surface area contributed by atoms with Crippen molar-refractivity contribution in [1.29, 1.82) is 0 Å². The van der Waals surface area contributed by atoms with Crippen molar-refractivity contribution in [1.82, 2.24) is 0 Å². The molecule has 0 spiro atoms. The quantitative estimate of drug-likeness (QED) is 0.711. The second-order valence-electron chi connectivity index (χ2n) is 3.62. The topological polar surface area (TPSA) is 64.7 Å². The third-order valence-corrected chi connectivity index (χ3v) is 1.93. The van der Waals surface area contributed by atoms with Crippen LogP contribution in [-0.4, -0.2) is 24.4 Å². The molecule has 0 bridgehead atoms. The number of aliphatic hydroxyl groups excluding tert-OH is 1. The van der Waals surface area contributed by atoms with Crippen LogP contribution in [0.25, 0.3) is 0 Å². The molecule has 0 radical (unpaired) electrons. The minimum absolute atomic E-state index is 0.0742. The van der Waals surface area contributed by atoms with Gasteiger partial charge in [0, 0.05) is 0 Å². The Morgan fingerprint density at radius 3 is 2.33 bits per heavy atom. The van der Waals surface area contributed by atoms with Gasteiger partial charge in [-0.15, -0.1) is 0 Å². The van der Waals surface area contributed by atoms with Crippen LogP contribution in [0, 0.1) is 13.8 Å². The Morgan fingerprint density at radius 1 is 1.20 bits per heavy atom. The summed E-state index contributed by atoms with van der Waals surface area (Å²) < 4.78 is 5.40. The Morgan fingerprint density at radius 2 is 1.80 bits per heavy atom. The predicted molar refractivity (Wildman–Crippen MR) is 57.6 cm³/mol. The number of rotatable bonds is 5. The van der Waals surface area contributed by atoms with Gasteiger partial charge in [0.05, 0.1) is 6.61 Å². The van der Waals surface area contributed by atoms with Crippen LogP contribution >= 0.6 is 0 Å². The summed E-state index contributed by atoms with van der Waals surface area (Å²) in [6.45, 7) is 4.25. The Balaban J connectivity index is 2.50. The van der Waals surface area contributed by atoms with E-state index < -0.39 is 6.10 Å². The molecule has 0 fully saturated rings. The van der Waals surface area contributed by atoms with E-state index in [0.29, 0.717) is 0 Å². The van der Waals surface area contributed by atoms with Gasteiger partial charge in [-0.2, -0.15) is 0 Å².